The van der Waals surface area contributed by atoms with E-state index >= 15 is 0 Å². The number of hydrogen-bond donors (Lipinski definition) is 1. The number of rotatable bonds is 2. The van der Waals surface area contributed by atoms with Gasteiger partial charge >= 0.3 is 18.3 Å². The van der Waals surface area contributed by atoms with E-state index in [9.17, 15) is 19.5 Å². The van der Waals surface area contributed by atoms with Crippen LogP contribution in [0, 0.1) is 0 Å². The number of likely N-dealkylation sites (tertiary alicyclic amines) is 1. The van der Waals surface area contributed by atoms with Gasteiger partial charge in [-0.15, -0.1) is 0 Å². The maximum Gasteiger partial charge on any atom is 0.508 e. The van der Waals surface area contributed by atoms with Crippen LogP contribution < -0.4 is 4.90 Å². The Morgan fingerprint density at radius 1 is 0.946 bits per heavy atom. The first kappa shape index (κ1) is 28.8. The zero-order chi connectivity index (χ0) is 28.1. The van der Waals surface area contributed by atoms with Gasteiger partial charge in [0.2, 0.25) is 0 Å². The number of amides is 2. The molecule has 0 bridgehead atoms. The highest BCUT2D eigenvalue weighted by Gasteiger charge is 2.64. The summed E-state index contributed by atoms with van der Waals surface area (Å²) < 4.78 is 21.8. The maximum absolute atomic E-state index is 13.5. The molecule has 2 heterocycles. The molecule has 0 unspecified atom stereocenters. The van der Waals surface area contributed by atoms with Gasteiger partial charge in [0.1, 0.15) is 29.0 Å². The fraction of sp³-hybridized carbons (Fsp3) is 0.654. The average Bonchev–Trinajstić information content (AvgIpc) is 3.08. The molecule has 1 saturated heterocycles. The number of ether oxygens (including phenoxy) is 4. The third-order valence-corrected chi connectivity index (χ3v) is 5.77. The summed E-state index contributed by atoms with van der Waals surface area (Å²) in [6, 6.07) is 3.90. The predicted octanol–water partition coefficient (Wildman–Crippen LogP) is 5.57. The third kappa shape index (κ3) is 6.41. The van der Waals surface area contributed by atoms with Crippen molar-refractivity contribution in [1.82, 2.24) is 4.90 Å². The molecule has 2 aliphatic heterocycles. The Balaban J connectivity index is 2.06. The maximum atomic E-state index is 13.5. The van der Waals surface area contributed by atoms with Crippen LogP contribution in [0.4, 0.5) is 20.1 Å². The molecule has 1 fully saturated rings. The van der Waals surface area contributed by atoms with Crippen LogP contribution in [0.1, 0.15) is 74.3 Å². The zero-order valence-electron chi connectivity index (χ0n) is 22.9. The minimum absolute atomic E-state index is 0.0480. The van der Waals surface area contributed by atoms with Crippen LogP contribution >= 0.6 is 11.6 Å². The molecule has 10 nitrogen and oxygen atoms in total. The van der Waals surface area contributed by atoms with Crippen LogP contribution in [0.3, 0.4) is 0 Å². The van der Waals surface area contributed by atoms with Gasteiger partial charge < -0.3 is 24.1 Å². The predicted molar refractivity (Wildman–Crippen MR) is 137 cm³/mol. The van der Waals surface area contributed by atoms with Crippen molar-refractivity contribution in [3.05, 3.63) is 28.8 Å². The molecule has 1 aromatic carbocycles. The molecule has 206 valence electrons. The van der Waals surface area contributed by atoms with Gasteiger partial charge in [0.25, 0.3) is 0 Å². The number of benzene rings is 1. The molecule has 11 heteroatoms. The van der Waals surface area contributed by atoms with Gasteiger partial charge in [-0.05, 0) is 74.4 Å². The zero-order valence-corrected chi connectivity index (χ0v) is 23.6. The summed E-state index contributed by atoms with van der Waals surface area (Å²) in [6.45, 7) is 15.0. The van der Waals surface area contributed by atoms with Crippen molar-refractivity contribution in [2.75, 3.05) is 11.5 Å². The summed E-state index contributed by atoms with van der Waals surface area (Å²) in [7, 11) is 0. The van der Waals surface area contributed by atoms with Crippen molar-refractivity contribution >= 4 is 35.6 Å². The summed E-state index contributed by atoms with van der Waals surface area (Å²) in [5, 5.41) is 12.4. The second kappa shape index (κ2) is 9.54. The van der Waals surface area contributed by atoms with Crippen molar-refractivity contribution in [3.8, 4) is 0 Å². The first-order valence-electron chi connectivity index (χ1n) is 12.1. The molecular formula is C26H37ClN2O8. The summed E-state index contributed by atoms with van der Waals surface area (Å²) in [5.41, 5.74) is -3.52. The van der Waals surface area contributed by atoms with Gasteiger partial charge in [-0.2, -0.15) is 0 Å². The lowest BCUT2D eigenvalue weighted by Crippen LogP contribution is -2.57. The van der Waals surface area contributed by atoms with Gasteiger partial charge in [0.05, 0.1) is 11.7 Å². The quantitative estimate of drug-likeness (QED) is 0.382. The Morgan fingerprint density at radius 3 is 2.03 bits per heavy atom. The van der Waals surface area contributed by atoms with Gasteiger partial charge in [-0.3, -0.25) is 9.80 Å². The minimum Gasteiger partial charge on any atom is -0.444 e. The number of fused-ring (bicyclic) bond motifs is 3. The van der Waals surface area contributed by atoms with E-state index in [1.807, 2.05) is 0 Å². The van der Waals surface area contributed by atoms with Crippen LogP contribution in [0.25, 0.3) is 0 Å². The number of carbonyl (C=O) groups excluding carboxylic acids is 3. The fourth-order valence-electron chi connectivity index (χ4n) is 4.44. The standard InChI is InChI=1S/C26H37ClN2O8/c1-23(2,3)35-20(30)28-16(14-34-22(32)37-25(7,8)9)13-26(33)17-11-10-15(27)12-18(17)29(19(26)28)21(31)36-24(4,5)6/h10-12,16,19,33H,13-14H2,1-9H3/t16-,19-,26-/m1/s1. The topological polar surface area (TPSA) is 115 Å². The summed E-state index contributed by atoms with van der Waals surface area (Å²) in [4.78, 5) is 41.7. The minimum atomic E-state index is -1.71. The van der Waals surface area contributed by atoms with Crippen molar-refractivity contribution in [2.45, 2.75) is 103 Å². The Labute approximate surface area is 222 Å². The Kier molecular flexibility index (Phi) is 7.44. The number of aliphatic hydroxyl groups is 1. The third-order valence-electron chi connectivity index (χ3n) is 5.54. The van der Waals surface area contributed by atoms with E-state index in [2.05, 4.69) is 0 Å². The highest BCUT2D eigenvalue weighted by atomic mass is 35.5. The van der Waals surface area contributed by atoms with Gasteiger partial charge in [-0.25, -0.2) is 14.4 Å². The van der Waals surface area contributed by atoms with Gasteiger partial charge in [-0.1, -0.05) is 17.7 Å². The summed E-state index contributed by atoms with van der Waals surface area (Å²) in [5.74, 6) is 0. The van der Waals surface area contributed by atoms with E-state index in [1.54, 1.807) is 74.4 Å². The number of nitrogens with zero attached hydrogens (tertiary/aromatic N) is 2. The second-order valence-electron chi connectivity index (χ2n) is 12.3. The molecule has 1 N–H and O–H groups in total. The molecule has 0 saturated carbocycles. The van der Waals surface area contributed by atoms with Crippen LogP contribution in [0.15, 0.2) is 18.2 Å². The van der Waals surface area contributed by atoms with E-state index in [0.29, 0.717) is 16.3 Å². The Hall–Kier alpha value is -2.72. The van der Waals surface area contributed by atoms with E-state index in [0.717, 1.165) is 0 Å². The lowest BCUT2D eigenvalue weighted by Gasteiger charge is -2.37. The monoisotopic (exact) mass is 540 g/mol. The number of anilines is 1. The highest BCUT2D eigenvalue weighted by molar-refractivity contribution is 6.31. The van der Waals surface area contributed by atoms with Crippen LogP contribution in [-0.2, 0) is 24.5 Å². The van der Waals surface area contributed by atoms with E-state index in [1.165, 1.54) is 15.9 Å². The van der Waals surface area contributed by atoms with Crippen molar-refractivity contribution < 1.29 is 38.4 Å². The smallest absolute Gasteiger partial charge is 0.444 e. The second-order valence-corrected chi connectivity index (χ2v) is 12.8. The molecule has 1 aromatic rings. The summed E-state index contributed by atoms with van der Waals surface area (Å²) >= 11 is 6.24. The first-order valence-corrected chi connectivity index (χ1v) is 12.5. The normalized spacial score (nSPS) is 23.3. The Morgan fingerprint density at radius 2 is 1.49 bits per heavy atom. The van der Waals surface area contributed by atoms with Gasteiger partial charge in [0.15, 0.2) is 6.17 Å². The molecule has 3 atom stereocenters. The molecule has 3 rings (SSSR count). The van der Waals surface area contributed by atoms with Crippen molar-refractivity contribution in [2.24, 2.45) is 0 Å². The van der Waals surface area contributed by atoms with Gasteiger partial charge in [0, 0.05) is 17.0 Å². The molecule has 0 aliphatic carbocycles. The molecule has 0 spiro atoms. The SMILES string of the molecule is CC(C)(C)OC(=O)OC[C@H]1C[C@@]2(O)c3ccc(Cl)cc3N(C(=O)OC(C)(C)C)[C@H]2N1C(=O)OC(C)(C)C. The highest BCUT2D eigenvalue weighted by Crippen LogP contribution is 2.54. The average molecular weight is 541 g/mol. The first-order chi connectivity index (χ1) is 16.7. The molecule has 2 aliphatic rings. The Bertz CT molecular complexity index is 1070. The molecule has 0 radical (unpaired) electrons. The molecule has 2 amide bonds. The lowest BCUT2D eigenvalue weighted by atomic mass is 9.91. The van der Waals surface area contributed by atoms with Crippen molar-refractivity contribution in [1.29, 1.82) is 0 Å². The van der Waals surface area contributed by atoms with E-state index in [-0.39, 0.29) is 13.0 Å². The van der Waals surface area contributed by atoms with Crippen molar-refractivity contribution in [3.63, 3.8) is 0 Å². The molecular weight excluding hydrogens is 504 g/mol. The van der Waals surface area contributed by atoms with E-state index in [4.69, 9.17) is 30.5 Å². The number of halogens is 1. The van der Waals surface area contributed by atoms with Crippen LogP contribution in [0.5, 0.6) is 0 Å². The number of hydrogen-bond acceptors (Lipinski definition) is 8. The van der Waals surface area contributed by atoms with E-state index < -0.39 is 53.0 Å². The number of carbonyl (C=O) groups is 3. The largest absolute Gasteiger partial charge is 0.508 e. The molecule has 37 heavy (non-hydrogen) atoms. The van der Waals surface area contributed by atoms with Crippen LogP contribution in [0.2, 0.25) is 5.02 Å². The van der Waals surface area contributed by atoms with Crippen LogP contribution in [-0.4, -0.2) is 64.0 Å². The fourth-order valence-corrected chi connectivity index (χ4v) is 4.60. The molecule has 0 aromatic heterocycles. The lowest BCUT2D eigenvalue weighted by molar-refractivity contribution is -0.0278. The summed E-state index contributed by atoms with van der Waals surface area (Å²) in [6.07, 6.45) is -3.78.